The largest absolute Gasteiger partial charge is 0.327 e. The average molecular weight is 237 g/mol. The lowest BCUT2D eigenvalue weighted by atomic mass is 10.1. The van der Waals surface area contributed by atoms with Crippen molar-refractivity contribution < 1.29 is 0 Å². The van der Waals surface area contributed by atoms with Crippen molar-refractivity contribution in [2.45, 2.75) is 44.6 Å². The van der Waals surface area contributed by atoms with Gasteiger partial charge in [0.25, 0.3) is 0 Å². The van der Waals surface area contributed by atoms with Crippen LogP contribution >= 0.6 is 11.8 Å². The Morgan fingerprint density at radius 3 is 2.50 bits per heavy atom. The normalized spacial score (nSPS) is 13.1. The van der Waals surface area contributed by atoms with Crippen molar-refractivity contribution in [2.24, 2.45) is 11.7 Å². The molecule has 1 nitrogen and oxygen atoms in total. The molecule has 0 aliphatic heterocycles. The number of thioether (sulfide) groups is 1. The van der Waals surface area contributed by atoms with Crippen molar-refractivity contribution in [3.05, 3.63) is 29.8 Å². The molecule has 1 rings (SSSR count). The van der Waals surface area contributed by atoms with Gasteiger partial charge >= 0.3 is 0 Å². The fourth-order valence-electron chi connectivity index (χ4n) is 1.55. The van der Waals surface area contributed by atoms with Gasteiger partial charge in [0.05, 0.1) is 0 Å². The summed E-state index contributed by atoms with van der Waals surface area (Å²) in [6, 6.07) is 8.83. The zero-order valence-corrected chi connectivity index (χ0v) is 11.4. The number of hydrogen-bond donors (Lipinski definition) is 1. The maximum absolute atomic E-state index is 6.10. The SMILES string of the molecule is Cc1ccccc1SCC(N)CCC(C)C. The number of nitrogens with two attached hydrogens (primary N) is 1. The van der Waals surface area contributed by atoms with Gasteiger partial charge < -0.3 is 5.73 Å². The first-order valence-electron chi connectivity index (χ1n) is 6.03. The van der Waals surface area contributed by atoms with E-state index in [9.17, 15) is 0 Å². The van der Waals surface area contributed by atoms with Crippen LogP contribution < -0.4 is 5.73 Å². The Bertz CT molecular complexity index is 309. The predicted molar refractivity (Wildman–Crippen MR) is 74.0 cm³/mol. The number of hydrogen-bond acceptors (Lipinski definition) is 2. The first-order valence-corrected chi connectivity index (χ1v) is 7.02. The van der Waals surface area contributed by atoms with Crippen LogP contribution in [-0.2, 0) is 0 Å². The molecule has 0 amide bonds. The molecule has 0 heterocycles. The van der Waals surface area contributed by atoms with E-state index < -0.39 is 0 Å². The molecule has 0 aliphatic rings. The first kappa shape index (κ1) is 13.6. The molecule has 1 aromatic rings. The van der Waals surface area contributed by atoms with Crippen molar-refractivity contribution in [1.29, 1.82) is 0 Å². The minimum atomic E-state index is 0.326. The van der Waals surface area contributed by atoms with E-state index in [1.807, 2.05) is 11.8 Å². The van der Waals surface area contributed by atoms with Gasteiger partial charge in [-0.2, -0.15) is 0 Å². The van der Waals surface area contributed by atoms with E-state index in [1.165, 1.54) is 16.9 Å². The van der Waals surface area contributed by atoms with Crippen LogP contribution in [0.3, 0.4) is 0 Å². The van der Waals surface area contributed by atoms with Crippen molar-refractivity contribution in [3.8, 4) is 0 Å². The number of benzene rings is 1. The third kappa shape index (κ3) is 5.04. The van der Waals surface area contributed by atoms with Crippen molar-refractivity contribution >= 4 is 11.8 Å². The lowest BCUT2D eigenvalue weighted by Crippen LogP contribution is -2.23. The Labute approximate surface area is 104 Å². The summed E-state index contributed by atoms with van der Waals surface area (Å²) < 4.78 is 0. The second-order valence-electron chi connectivity index (χ2n) is 4.81. The van der Waals surface area contributed by atoms with Gasteiger partial charge in [-0.05, 0) is 37.3 Å². The van der Waals surface area contributed by atoms with Gasteiger partial charge in [0.2, 0.25) is 0 Å². The molecule has 0 saturated carbocycles. The molecule has 0 aromatic heterocycles. The molecule has 90 valence electrons. The highest BCUT2D eigenvalue weighted by Crippen LogP contribution is 2.23. The minimum Gasteiger partial charge on any atom is -0.327 e. The summed E-state index contributed by atoms with van der Waals surface area (Å²) in [7, 11) is 0. The van der Waals surface area contributed by atoms with E-state index in [0.29, 0.717) is 6.04 Å². The van der Waals surface area contributed by atoms with E-state index >= 15 is 0 Å². The summed E-state index contributed by atoms with van der Waals surface area (Å²) in [5, 5.41) is 0. The topological polar surface area (TPSA) is 26.0 Å². The van der Waals surface area contributed by atoms with Crippen LogP contribution in [0.5, 0.6) is 0 Å². The molecule has 2 heteroatoms. The molecule has 1 aromatic carbocycles. The third-order valence-corrected chi connectivity index (χ3v) is 4.03. The molecule has 0 spiro atoms. The fraction of sp³-hybridized carbons (Fsp3) is 0.571. The van der Waals surface area contributed by atoms with Crippen LogP contribution in [0.15, 0.2) is 29.2 Å². The molecule has 0 fully saturated rings. The quantitative estimate of drug-likeness (QED) is 0.761. The molecule has 2 N–H and O–H groups in total. The highest BCUT2D eigenvalue weighted by molar-refractivity contribution is 7.99. The van der Waals surface area contributed by atoms with Crippen LogP contribution in [0, 0.1) is 12.8 Å². The average Bonchev–Trinajstić information content (AvgIpc) is 2.25. The van der Waals surface area contributed by atoms with Crippen LogP contribution in [0.25, 0.3) is 0 Å². The van der Waals surface area contributed by atoms with Crippen LogP contribution in [0.4, 0.5) is 0 Å². The Hall–Kier alpha value is -0.470. The van der Waals surface area contributed by atoms with Gasteiger partial charge in [0.1, 0.15) is 0 Å². The van der Waals surface area contributed by atoms with Crippen molar-refractivity contribution in [2.75, 3.05) is 5.75 Å². The third-order valence-electron chi connectivity index (χ3n) is 2.66. The smallest absolute Gasteiger partial charge is 0.0134 e. The van der Waals surface area contributed by atoms with Crippen LogP contribution in [0.1, 0.15) is 32.3 Å². The van der Waals surface area contributed by atoms with E-state index in [2.05, 4.69) is 45.0 Å². The molecule has 0 radical (unpaired) electrons. The first-order chi connectivity index (χ1) is 7.59. The lowest BCUT2D eigenvalue weighted by molar-refractivity contribution is 0.517. The maximum Gasteiger partial charge on any atom is 0.0134 e. The standard InChI is InChI=1S/C14H23NS/c1-11(2)8-9-13(15)10-16-14-7-5-4-6-12(14)3/h4-7,11,13H,8-10,15H2,1-3H3. The minimum absolute atomic E-state index is 0.326. The van der Waals surface area contributed by atoms with Gasteiger partial charge in [-0.15, -0.1) is 11.8 Å². The lowest BCUT2D eigenvalue weighted by Gasteiger charge is -2.13. The maximum atomic E-state index is 6.10. The Balaban J connectivity index is 2.31. The Morgan fingerprint density at radius 1 is 1.19 bits per heavy atom. The molecule has 16 heavy (non-hydrogen) atoms. The van der Waals surface area contributed by atoms with Crippen LogP contribution in [0.2, 0.25) is 0 Å². The summed E-state index contributed by atoms with van der Waals surface area (Å²) in [5.74, 6) is 1.78. The molecule has 0 saturated heterocycles. The van der Waals surface area contributed by atoms with Gasteiger partial charge in [-0.1, -0.05) is 32.0 Å². The zero-order valence-electron chi connectivity index (χ0n) is 10.6. The number of rotatable bonds is 6. The molecule has 0 bridgehead atoms. The van der Waals surface area contributed by atoms with Crippen molar-refractivity contribution in [3.63, 3.8) is 0 Å². The van der Waals surface area contributed by atoms with Gasteiger partial charge in [0, 0.05) is 16.7 Å². The summed E-state index contributed by atoms with van der Waals surface area (Å²) in [5.41, 5.74) is 7.45. The highest BCUT2D eigenvalue weighted by atomic mass is 32.2. The molecular weight excluding hydrogens is 214 g/mol. The molecule has 1 unspecified atom stereocenters. The summed E-state index contributed by atoms with van der Waals surface area (Å²) in [4.78, 5) is 1.36. The van der Waals surface area contributed by atoms with Gasteiger partial charge in [0.15, 0.2) is 0 Å². The van der Waals surface area contributed by atoms with Gasteiger partial charge in [-0.3, -0.25) is 0 Å². The highest BCUT2D eigenvalue weighted by Gasteiger charge is 2.06. The molecule has 1 atom stereocenters. The second kappa shape index (κ2) is 6.97. The molecular formula is C14H23NS. The summed E-state index contributed by atoms with van der Waals surface area (Å²) >= 11 is 1.88. The fourth-order valence-corrected chi connectivity index (χ4v) is 2.58. The summed E-state index contributed by atoms with van der Waals surface area (Å²) in [6.45, 7) is 6.66. The Morgan fingerprint density at radius 2 is 1.88 bits per heavy atom. The second-order valence-corrected chi connectivity index (χ2v) is 5.87. The number of aryl methyl sites for hydroxylation is 1. The van der Waals surface area contributed by atoms with E-state index in [0.717, 1.165) is 18.1 Å². The monoisotopic (exact) mass is 237 g/mol. The van der Waals surface area contributed by atoms with E-state index in [4.69, 9.17) is 5.73 Å². The van der Waals surface area contributed by atoms with Crippen molar-refractivity contribution in [1.82, 2.24) is 0 Å². The molecule has 0 aliphatic carbocycles. The van der Waals surface area contributed by atoms with Gasteiger partial charge in [-0.25, -0.2) is 0 Å². The zero-order chi connectivity index (χ0) is 12.0. The summed E-state index contributed by atoms with van der Waals surface area (Å²) in [6.07, 6.45) is 2.37. The van der Waals surface area contributed by atoms with E-state index in [1.54, 1.807) is 0 Å². The van der Waals surface area contributed by atoms with E-state index in [-0.39, 0.29) is 0 Å². The van der Waals surface area contributed by atoms with Crippen LogP contribution in [-0.4, -0.2) is 11.8 Å². The Kier molecular flexibility index (Phi) is 5.93. The predicted octanol–water partition coefficient (Wildman–Crippen LogP) is 3.85.